The van der Waals surface area contributed by atoms with Gasteiger partial charge in [0.15, 0.2) is 11.6 Å². The third-order valence-electron chi connectivity index (χ3n) is 2.89. The summed E-state index contributed by atoms with van der Waals surface area (Å²) in [5.74, 6) is -1.77. The van der Waals surface area contributed by atoms with Gasteiger partial charge in [-0.3, -0.25) is 0 Å². The summed E-state index contributed by atoms with van der Waals surface area (Å²) in [6.07, 6.45) is 0.139. The molecule has 1 aliphatic carbocycles. The van der Waals surface area contributed by atoms with E-state index in [1.807, 2.05) is 0 Å². The molecule has 1 aromatic carbocycles. The Labute approximate surface area is 103 Å². The molecule has 4 nitrogen and oxygen atoms in total. The average molecular weight is 257 g/mol. The number of carboxylic acid groups (broad SMARTS) is 1. The van der Waals surface area contributed by atoms with E-state index in [1.165, 1.54) is 6.07 Å². The Hall–Kier alpha value is -1.69. The number of benzene rings is 1. The van der Waals surface area contributed by atoms with Gasteiger partial charge in [0.05, 0.1) is 12.7 Å². The van der Waals surface area contributed by atoms with Gasteiger partial charge < -0.3 is 15.2 Å². The van der Waals surface area contributed by atoms with E-state index in [1.54, 1.807) is 0 Å². The number of hydrogen-bond acceptors (Lipinski definition) is 2. The van der Waals surface area contributed by atoms with Gasteiger partial charge in [0.2, 0.25) is 0 Å². The van der Waals surface area contributed by atoms with Crippen molar-refractivity contribution < 1.29 is 23.4 Å². The minimum Gasteiger partial charge on any atom is -0.465 e. The lowest BCUT2D eigenvalue weighted by Gasteiger charge is -2.34. The maximum absolute atomic E-state index is 12.9. The second-order valence-electron chi connectivity index (χ2n) is 4.30. The van der Waals surface area contributed by atoms with Crippen LogP contribution in [0.25, 0.3) is 0 Å². The second-order valence-corrected chi connectivity index (χ2v) is 4.30. The van der Waals surface area contributed by atoms with Gasteiger partial charge >= 0.3 is 6.09 Å². The number of amides is 1. The van der Waals surface area contributed by atoms with Gasteiger partial charge in [-0.05, 0) is 30.5 Å². The van der Waals surface area contributed by atoms with Crippen molar-refractivity contribution in [1.82, 2.24) is 5.32 Å². The van der Waals surface area contributed by atoms with E-state index in [9.17, 15) is 13.6 Å². The van der Waals surface area contributed by atoms with Crippen molar-refractivity contribution in [2.75, 3.05) is 0 Å². The minimum absolute atomic E-state index is 0.0324. The van der Waals surface area contributed by atoms with Crippen molar-refractivity contribution in [2.24, 2.45) is 0 Å². The molecule has 1 amide bonds. The largest absolute Gasteiger partial charge is 0.465 e. The molecular weight excluding hydrogens is 244 g/mol. The highest BCUT2D eigenvalue weighted by molar-refractivity contribution is 5.65. The van der Waals surface area contributed by atoms with Crippen LogP contribution in [0.5, 0.6) is 0 Å². The van der Waals surface area contributed by atoms with Crippen LogP contribution in [0.1, 0.15) is 18.4 Å². The molecule has 2 N–H and O–H groups in total. The molecule has 0 unspecified atom stereocenters. The first-order chi connectivity index (χ1) is 8.54. The molecule has 98 valence electrons. The van der Waals surface area contributed by atoms with Crippen LogP contribution < -0.4 is 5.32 Å². The lowest BCUT2D eigenvalue weighted by Crippen LogP contribution is -2.47. The van der Waals surface area contributed by atoms with E-state index in [2.05, 4.69) is 5.32 Å². The summed E-state index contributed by atoms with van der Waals surface area (Å²) >= 11 is 0. The third kappa shape index (κ3) is 3.16. The molecule has 6 heteroatoms. The van der Waals surface area contributed by atoms with E-state index < -0.39 is 17.7 Å². The molecule has 0 heterocycles. The van der Waals surface area contributed by atoms with Gasteiger partial charge in [-0.15, -0.1) is 0 Å². The van der Waals surface area contributed by atoms with Gasteiger partial charge in [-0.25, -0.2) is 13.6 Å². The summed E-state index contributed by atoms with van der Waals surface area (Å²) < 4.78 is 31.0. The Morgan fingerprint density at radius 2 is 2.11 bits per heavy atom. The topological polar surface area (TPSA) is 58.6 Å². The quantitative estimate of drug-likeness (QED) is 0.870. The zero-order chi connectivity index (χ0) is 13.1. The molecule has 0 saturated heterocycles. The summed E-state index contributed by atoms with van der Waals surface area (Å²) in [5, 5.41) is 10.8. The summed E-state index contributed by atoms with van der Waals surface area (Å²) in [6.45, 7) is 0.196. The highest BCUT2D eigenvalue weighted by atomic mass is 19.2. The Bertz CT molecular complexity index is 447. The van der Waals surface area contributed by atoms with Gasteiger partial charge in [-0.2, -0.15) is 0 Å². The average Bonchev–Trinajstić information content (AvgIpc) is 2.25. The fourth-order valence-electron chi connectivity index (χ4n) is 1.84. The summed E-state index contributed by atoms with van der Waals surface area (Å²) in [6, 6.07) is 3.55. The number of hydrogen-bond donors (Lipinski definition) is 2. The van der Waals surface area contributed by atoms with Crippen LogP contribution >= 0.6 is 0 Å². The lowest BCUT2D eigenvalue weighted by molar-refractivity contribution is -0.0253. The Morgan fingerprint density at radius 1 is 1.39 bits per heavy atom. The number of nitrogens with one attached hydrogen (secondary N) is 1. The second kappa shape index (κ2) is 5.30. The Kier molecular flexibility index (Phi) is 3.76. The molecule has 18 heavy (non-hydrogen) atoms. The highest BCUT2D eigenvalue weighted by Gasteiger charge is 2.30. The predicted octanol–water partition coefficient (Wildman–Crippen LogP) is 2.28. The van der Waals surface area contributed by atoms with Crippen molar-refractivity contribution in [1.29, 1.82) is 0 Å². The number of ether oxygens (including phenoxy) is 1. The van der Waals surface area contributed by atoms with Crippen LogP contribution in [-0.2, 0) is 11.3 Å². The molecule has 1 saturated carbocycles. The Balaban J connectivity index is 1.73. The zero-order valence-corrected chi connectivity index (χ0v) is 9.53. The molecule has 0 radical (unpaired) electrons. The van der Waals surface area contributed by atoms with Gasteiger partial charge in [0.1, 0.15) is 0 Å². The van der Waals surface area contributed by atoms with E-state index >= 15 is 0 Å². The fraction of sp³-hybridized carbons (Fsp3) is 0.417. The van der Waals surface area contributed by atoms with Crippen molar-refractivity contribution in [2.45, 2.75) is 31.6 Å². The Morgan fingerprint density at radius 3 is 2.72 bits per heavy atom. The molecule has 1 fully saturated rings. The molecule has 0 bridgehead atoms. The van der Waals surface area contributed by atoms with Crippen LogP contribution in [0.2, 0.25) is 0 Å². The normalized spacial score (nSPS) is 22.3. The van der Waals surface area contributed by atoms with Gasteiger partial charge in [0.25, 0.3) is 0 Å². The maximum atomic E-state index is 12.9. The first-order valence-electron chi connectivity index (χ1n) is 5.59. The lowest BCUT2D eigenvalue weighted by atomic mass is 9.89. The highest BCUT2D eigenvalue weighted by Crippen LogP contribution is 2.24. The number of halogens is 2. The molecular formula is C12H13F2NO3. The first-order valence-corrected chi connectivity index (χ1v) is 5.59. The van der Waals surface area contributed by atoms with Crippen LogP contribution in [0.15, 0.2) is 18.2 Å². The summed E-state index contributed by atoms with van der Waals surface area (Å²) in [5.41, 5.74) is 0.559. The van der Waals surface area contributed by atoms with E-state index in [0.717, 1.165) is 12.1 Å². The van der Waals surface area contributed by atoms with Crippen LogP contribution in [0.4, 0.5) is 13.6 Å². The van der Waals surface area contributed by atoms with E-state index in [0.29, 0.717) is 18.4 Å². The molecule has 0 spiro atoms. The smallest absolute Gasteiger partial charge is 0.404 e. The summed E-state index contributed by atoms with van der Waals surface area (Å²) in [4.78, 5) is 10.3. The monoisotopic (exact) mass is 257 g/mol. The SMILES string of the molecule is O=C(O)NC1CC(OCc2ccc(F)c(F)c2)C1. The minimum atomic E-state index is -1.04. The van der Waals surface area contributed by atoms with Crippen LogP contribution in [-0.4, -0.2) is 23.3 Å². The molecule has 0 aliphatic heterocycles. The molecule has 1 aliphatic rings. The first kappa shape index (κ1) is 12.8. The molecule has 1 aromatic rings. The number of carbonyl (C=O) groups is 1. The predicted molar refractivity (Wildman–Crippen MR) is 59.1 cm³/mol. The fourth-order valence-corrected chi connectivity index (χ4v) is 1.84. The standard InChI is InChI=1S/C12H13F2NO3/c13-10-2-1-7(3-11(10)14)6-18-9-4-8(5-9)15-12(16)17/h1-3,8-9,15H,4-6H2,(H,16,17). The molecule has 0 atom stereocenters. The van der Waals surface area contributed by atoms with E-state index in [-0.39, 0.29) is 18.8 Å². The van der Waals surface area contributed by atoms with Crippen molar-refractivity contribution in [3.8, 4) is 0 Å². The number of rotatable bonds is 4. The summed E-state index contributed by atoms with van der Waals surface area (Å²) in [7, 11) is 0. The molecule has 2 rings (SSSR count). The van der Waals surface area contributed by atoms with E-state index in [4.69, 9.17) is 9.84 Å². The van der Waals surface area contributed by atoms with Crippen molar-refractivity contribution in [3.63, 3.8) is 0 Å². The van der Waals surface area contributed by atoms with Gasteiger partial charge in [-0.1, -0.05) is 6.07 Å². The zero-order valence-electron chi connectivity index (χ0n) is 9.53. The van der Waals surface area contributed by atoms with Crippen molar-refractivity contribution >= 4 is 6.09 Å². The molecule has 0 aromatic heterocycles. The maximum Gasteiger partial charge on any atom is 0.404 e. The van der Waals surface area contributed by atoms with Crippen LogP contribution in [0.3, 0.4) is 0 Å². The van der Waals surface area contributed by atoms with Gasteiger partial charge in [0, 0.05) is 6.04 Å². The third-order valence-corrected chi connectivity index (χ3v) is 2.89. The van der Waals surface area contributed by atoms with Crippen molar-refractivity contribution in [3.05, 3.63) is 35.4 Å². The van der Waals surface area contributed by atoms with Crippen LogP contribution in [0, 0.1) is 11.6 Å².